The zero-order chi connectivity index (χ0) is 38.5. The van der Waals surface area contributed by atoms with E-state index < -0.39 is 0 Å². The molecular weight excluding hydrogens is 693 g/mol. The SMILES string of the molecule is CC(C)(C)c1ccc(N2c3cc(C(C)(C)C)cc4c3B(c3c2oc2ccccc32)n2c3ccccc3c3cc5c(c-4c32)c2ccccc2n5-c2ccccc2)cc1. The van der Waals surface area contributed by atoms with Gasteiger partial charge in [0.25, 0.3) is 0 Å². The maximum absolute atomic E-state index is 7.10. The van der Waals surface area contributed by atoms with E-state index in [1.807, 2.05) is 0 Å². The van der Waals surface area contributed by atoms with Gasteiger partial charge in [0.15, 0.2) is 0 Å². The monoisotopic (exact) mass is 735 g/mol. The minimum absolute atomic E-state index is 0.0379. The summed E-state index contributed by atoms with van der Waals surface area (Å²) in [5, 5.41) is 6.25. The molecule has 5 heteroatoms. The molecule has 5 heterocycles. The third-order valence-corrected chi connectivity index (χ3v) is 12.8. The Balaban J connectivity index is 1.32. The molecule has 7 aromatic carbocycles. The van der Waals surface area contributed by atoms with Crippen LogP contribution in [0, 0.1) is 0 Å². The number of nitrogens with zero attached hydrogens (tertiary/aromatic N) is 3. The molecule has 4 nitrogen and oxygen atoms in total. The van der Waals surface area contributed by atoms with Crippen molar-refractivity contribution >= 4 is 89.6 Å². The van der Waals surface area contributed by atoms with E-state index in [0.717, 1.165) is 28.2 Å². The van der Waals surface area contributed by atoms with Gasteiger partial charge in [0.1, 0.15) is 5.58 Å². The van der Waals surface area contributed by atoms with Crippen LogP contribution in [0.1, 0.15) is 52.7 Å². The zero-order valence-corrected chi connectivity index (χ0v) is 33.2. The lowest BCUT2D eigenvalue weighted by molar-refractivity contribution is 0.589. The van der Waals surface area contributed by atoms with E-state index in [2.05, 4.69) is 201 Å². The van der Waals surface area contributed by atoms with Crippen LogP contribution in [0.5, 0.6) is 0 Å². The Hall–Kier alpha value is -6.46. The van der Waals surface area contributed by atoms with Crippen LogP contribution in [-0.4, -0.2) is 15.9 Å². The predicted octanol–water partition coefficient (Wildman–Crippen LogP) is 12.7. The first-order chi connectivity index (χ1) is 27.6. The van der Waals surface area contributed by atoms with Crippen molar-refractivity contribution in [1.82, 2.24) is 9.05 Å². The largest absolute Gasteiger partial charge is 0.440 e. The van der Waals surface area contributed by atoms with Gasteiger partial charge in [-0.2, -0.15) is 0 Å². The molecule has 0 bridgehead atoms. The summed E-state index contributed by atoms with van der Waals surface area (Å²) in [4.78, 5) is 2.42. The Morgan fingerprint density at radius 1 is 0.509 bits per heavy atom. The number of anilines is 3. The fourth-order valence-electron chi connectivity index (χ4n) is 10.1. The van der Waals surface area contributed by atoms with Crippen LogP contribution >= 0.6 is 0 Å². The van der Waals surface area contributed by atoms with Crippen LogP contribution in [0.15, 0.2) is 150 Å². The van der Waals surface area contributed by atoms with Gasteiger partial charge in [0, 0.05) is 66.1 Å². The Kier molecular flexibility index (Phi) is 6.38. The van der Waals surface area contributed by atoms with Gasteiger partial charge in [-0.3, -0.25) is 4.90 Å². The van der Waals surface area contributed by atoms with E-state index in [4.69, 9.17) is 4.42 Å². The summed E-state index contributed by atoms with van der Waals surface area (Å²) in [6.07, 6.45) is 0. The first-order valence-corrected chi connectivity index (χ1v) is 20.2. The average molecular weight is 736 g/mol. The molecule has 2 aliphatic heterocycles. The molecule has 0 amide bonds. The predicted molar refractivity (Wildman–Crippen MR) is 241 cm³/mol. The lowest BCUT2D eigenvalue weighted by Gasteiger charge is -2.39. The van der Waals surface area contributed by atoms with Crippen molar-refractivity contribution in [2.45, 2.75) is 52.4 Å². The summed E-state index contributed by atoms with van der Waals surface area (Å²) in [5.74, 6) is 0.894. The molecule has 10 aromatic rings. The van der Waals surface area contributed by atoms with Gasteiger partial charge in [-0.1, -0.05) is 133 Å². The van der Waals surface area contributed by atoms with Crippen molar-refractivity contribution in [2.24, 2.45) is 0 Å². The van der Waals surface area contributed by atoms with Crippen molar-refractivity contribution < 1.29 is 4.42 Å². The minimum atomic E-state index is -0.119. The van der Waals surface area contributed by atoms with Gasteiger partial charge in [-0.25, -0.2) is 0 Å². The average Bonchev–Trinajstić information content (AvgIpc) is 3.87. The van der Waals surface area contributed by atoms with Gasteiger partial charge in [-0.05, 0) is 87.6 Å². The topological polar surface area (TPSA) is 26.2 Å². The van der Waals surface area contributed by atoms with Crippen molar-refractivity contribution in [3.63, 3.8) is 0 Å². The standard InChI is InChI=1S/C52H42BN3O/c1-51(2,3)31-24-26-34(27-25-31)55-43-29-32(52(4,5)6)28-39-46-45-36-19-11-13-21-40(36)54(33-16-8-7-9-17-33)42(45)30-38-35-18-10-14-22-41(35)56(49(38)46)53(47(39)43)48-37-20-12-15-23-44(37)57-50(48)55/h7-30H,1-6H3. The molecule has 0 saturated carbocycles. The van der Waals surface area contributed by atoms with Crippen molar-refractivity contribution in [2.75, 3.05) is 4.90 Å². The van der Waals surface area contributed by atoms with Gasteiger partial charge in [0.2, 0.25) is 5.88 Å². The molecule has 0 atom stereocenters. The number of fused-ring (bicyclic) bond motifs is 13. The Morgan fingerprint density at radius 3 is 1.89 bits per heavy atom. The molecule has 0 aliphatic carbocycles. The molecule has 0 radical (unpaired) electrons. The maximum atomic E-state index is 7.10. The van der Waals surface area contributed by atoms with E-state index >= 15 is 0 Å². The summed E-state index contributed by atoms with van der Waals surface area (Å²) in [6.45, 7) is 13.8. The van der Waals surface area contributed by atoms with Gasteiger partial charge >= 0.3 is 6.85 Å². The van der Waals surface area contributed by atoms with Gasteiger partial charge in [-0.15, -0.1) is 0 Å². The summed E-state index contributed by atoms with van der Waals surface area (Å²) in [6, 6.07) is 54.1. The lowest BCUT2D eigenvalue weighted by atomic mass is 9.45. The molecule has 12 rings (SSSR count). The van der Waals surface area contributed by atoms with Crippen LogP contribution in [0.2, 0.25) is 0 Å². The fourth-order valence-corrected chi connectivity index (χ4v) is 10.1. The van der Waals surface area contributed by atoms with Gasteiger partial charge < -0.3 is 13.5 Å². The smallest absolute Gasteiger partial charge is 0.337 e. The zero-order valence-electron chi connectivity index (χ0n) is 33.2. The molecule has 57 heavy (non-hydrogen) atoms. The van der Waals surface area contributed by atoms with Crippen LogP contribution in [-0.2, 0) is 10.8 Å². The highest BCUT2D eigenvalue weighted by Gasteiger charge is 2.47. The second-order valence-corrected chi connectivity index (χ2v) is 18.2. The number of para-hydroxylation sites is 4. The number of hydrogen-bond acceptors (Lipinski definition) is 2. The molecule has 0 unspecified atom stereocenters. The van der Waals surface area contributed by atoms with Crippen LogP contribution in [0.25, 0.3) is 71.4 Å². The van der Waals surface area contributed by atoms with E-state index in [1.165, 1.54) is 82.5 Å². The third-order valence-electron chi connectivity index (χ3n) is 12.8. The molecule has 0 spiro atoms. The summed E-state index contributed by atoms with van der Waals surface area (Å²) < 4.78 is 12.2. The molecule has 2 aliphatic rings. The Bertz CT molecular complexity index is 3310. The van der Waals surface area contributed by atoms with E-state index in [1.54, 1.807) is 0 Å². The van der Waals surface area contributed by atoms with E-state index in [9.17, 15) is 0 Å². The highest BCUT2D eigenvalue weighted by molar-refractivity contribution is 6.91. The minimum Gasteiger partial charge on any atom is -0.440 e. The Labute approximate surface area is 332 Å². The number of benzene rings is 7. The summed E-state index contributed by atoms with van der Waals surface area (Å²) in [7, 11) is 0. The van der Waals surface area contributed by atoms with Crippen LogP contribution < -0.4 is 15.8 Å². The first kappa shape index (κ1) is 32.8. The lowest BCUT2D eigenvalue weighted by Crippen LogP contribution is -2.56. The number of aromatic nitrogens is 2. The highest BCUT2D eigenvalue weighted by atomic mass is 16.4. The number of furan rings is 1. The van der Waals surface area contributed by atoms with Crippen molar-refractivity contribution in [3.05, 3.63) is 157 Å². The third kappa shape index (κ3) is 4.35. The van der Waals surface area contributed by atoms with Crippen molar-refractivity contribution in [3.8, 4) is 16.8 Å². The second-order valence-electron chi connectivity index (χ2n) is 18.2. The normalized spacial score (nSPS) is 13.7. The molecule has 274 valence electrons. The number of rotatable bonds is 2. The maximum Gasteiger partial charge on any atom is 0.337 e. The molecule has 0 saturated heterocycles. The summed E-state index contributed by atoms with van der Waals surface area (Å²) >= 11 is 0. The van der Waals surface area contributed by atoms with Crippen molar-refractivity contribution in [1.29, 1.82) is 0 Å². The molecule has 0 fully saturated rings. The van der Waals surface area contributed by atoms with Crippen LogP contribution in [0.3, 0.4) is 0 Å². The molecule has 0 N–H and O–H groups in total. The second kappa shape index (κ2) is 11.1. The van der Waals surface area contributed by atoms with Crippen LogP contribution in [0.4, 0.5) is 17.3 Å². The van der Waals surface area contributed by atoms with E-state index in [-0.39, 0.29) is 17.7 Å². The summed E-state index contributed by atoms with van der Waals surface area (Å²) in [5.41, 5.74) is 17.0. The quantitative estimate of drug-likeness (QED) is 0.165. The van der Waals surface area contributed by atoms with Gasteiger partial charge in [0.05, 0.1) is 11.0 Å². The number of hydrogen-bond donors (Lipinski definition) is 0. The fraction of sp³-hybridized carbons (Fsp3) is 0.154. The Morgan fingerprint density at radius 2 is 1.16 bits per heavy atom. The highest BCUT2D eigenvalue weighted by Crippen LogP contribution is 2.52. The molecular formula is C52H42BN3O. The van der Waals surface area contributed by atoms with E-state index in [0.29, 0.717) is 0 Å². The molecule has 3 aromatic heterocycles. The first-order valence-electron chi connectivity index (χ1n) is 20.2.